The highest BCUT2D eigenvalue weighted by atomic mass is 32.1. The highest BCUT2D eigenvalue weighted by Gasteiger charge is 2.47. The van der Waals surface area contributed by atoms with Crippen LogP contribution in [0.1, 0.15) is 37.0 Å². The molecule has 4 heterocycles. The van der Waals surface area contributed by atoms with Gasteiger partial charge in [-0.25, -0.2) is 4.39 Å². The number of hydrogen-bond acceptors (Lipinski definition) is 6. The van der Waals surface area contributed by atoms with Crippen molar-refractivity contribution in [1.29, 1.82) is 0 Å². The Bertz CT molecular complexity index is 706. The van der Waals surface area contributed by atoms with Crippen molar-refractivity contribution in [2.45, 2.75) is 43.4 Å². The first-order chi connectivity index (χ1) is 12.6. The van der Waals surface area contributed by atoms with Gasteiger partial charge >= 0.3 is 0 Å². The van der Waals surface area contributed by atoms with Gasteiger partial charge in [0.05, 0.1) is 4.88 Å². The summed E-state index contributed by atoms with van der Waals surface area (Å²) < 4.78 is 21.3. The Morgan fingerprint density at radius 2 is 2.08 bits per heavy atom. The fourth-order valence-corrected chi connectivity index (χ4v) is 4.94. The monoisotopic (exact) mass is 381 g/mol. The summed E-state index contributed by atoms with van der Waals surface area (Å²) in [7, 11) is 1.55. The van der Waals surface area contributed by atoms with Crippen molar-refractivity contribution in [3.05, 3.63) is 16.3 Å². The number of likely N-dealkylation sites (tertiary alicyclic amines) is 1. The Labute approximate surface area is 156 Å². The summed E-state index contributed by atoms with van der Waals surface area (Å²) in [5, 5.41) is 9.28. The Kier molecular flexibility index (Phi) is 4.64. The van der Waals surface area contributed by atoms with Gasteiger partial charge in [-0.3, -0.25) is 4.79 Å². The maximum absolute atomic E-state index is 15.0. The molecule has 6 nitrogen and oxygen atoms in total. The number of carbonyl (C=O) groups excluding carboxylic acids is 1. The maximum atomic E-state index is 15.0. The van der Waals surface area contributed by atoms with E-state index in [4.69, 9.17) is 9.57 Å². The van der Waals surface area contributed by atoms with Crippen molar-refractivity contribution in [1.82, 2.24) is 10.2 Å². The van der Waals surface area contributed by atoms with Crippen LogP contribution in [0, 0.1) is 0 Å². The smallest absolute Gasteiger partial charge is 0.260 e. The SMILES string of the molecule is CON=C1CC2(CCN(C(=O)C3(F)CCNCC3)CC2)Oc2ccsc21. The molecule has 0 aliphatic carbocycles. The summed E-state index contributed by atoms with van der Waals surface area (Å²) in [6.07, 6.45) is 2.51. The summed E-state index contributed by atoms with van der Waals surface area (Å²) in [5.74, 6) is 0.476. The molecule has 1 spiro atoms. The number of halogens is 1. The minimum Gasteiger partial charge on any atom is -0.485 e. The molecule has 142 valence electrons. The molecule has 1 aromatic heterocycles. The van der Waals surface area contributed by atoms with Gasteiger partial charge in [-0.2, -0.15) is 0 Å². The summed E-state index contributed by atoms with van der Waals surface area (Å²) >= 11 is 1.59. The average molecular weight is 381 g/mol. The van der Waals surface area contributed by atoms with Crippen molar-refractivity contribution < 1.29 is 18.8 Å². The summed E-state index contributed by atoms with van der Waals surface area (Å²) in [4.78, 5) is 20.4. The third-order valence-corrected chi connectivity index (χ3v) is 6.59. The number of oxime groups is 1. The summed E-state index contributed by atoms with van der Waals surface area (Å²) in [5.41, 5.74) is -1.21. The Hall–Kier alpha value is -1.67. The van der Waals surface area contributed by atoms with Gasteiger partial charge in [0.1, 0.15) is 24.2 Å². The molecule has 0 atom stereocenters. The van der Waals surface area contributed by atoms with Crippen LogP contribution in [-0.4, -0.2) is 61.1 Å². The van der Waals surface area contributed by atoms with Crippen molar-refractivity contribution in [2.24, 2.45) is 5.16 Å². The molecule has 0 bridgehead atoms. The van der Waals surface area contributed by atoms with Gasteiger partial charge in [0.2, 0.25) is 0 Å². The van der Waals surface area contributed by atoms with Crippen LogP contribution in [0.5, 0.6) is 5.75 Å². The number of carbonyl (C=O) groups is 1. The molecule has 2 fully saturated rings. The van der Waals surface area contributed by atoms with Crippen LogP contribution in [0.4, 0.5) is 4.39 Å². The fraction of sp³-hybridized carbons (Fsp3) is 0.667. The quantitative estimate of drug-likeness (QED) is 0.799. The van der Waals surface area contributed by atoms with Crippen LogP contribution in [0.2, 0.25) is 0 Å². The van der Waals surface area contributed by atoms with Crippen LogP contribution in [0.15, 0.2) is 16.6 Å². The van der Waals surface area contributed by atoms with Gasteiger partial charge in [0.25, 0.3) is 5.91 Å². The topological polar surface area (TPSA) is 63.2 Å². The first kappa shape index (κ1) is 17.7. The predicted octanol–water partition coefficient (Wildman–Crippen LogP) is 2.33. The number of nitrogens with zero attached hydrogens (tertiary/aromatic N) is 2. The van der Waals surface area contributed by atoms with E-state index in [1.165, 1.54) is 0 Å². The average Bonchev–Trinajstić information content (AvgIpc) is 3.11. The highest BCUT2D eigenvalue weighted by molar-refractivity contribution is 7.12. The summed E-state index contributed by atoms with van der Waals surface area (Å²) in [6, 6.07) is 1.95. The number of fused-ring (bicyclic) bond motifs is 1. The van der Waals surface area contributed by atoms with Crippen LogP contribution < -0.4 is 10.1 Å². The lowest BCUT2D eigenvalue weighted by Gasteiger charge is -2.45. The molecule has 2 saturated heterocycles. The van der Waals surface area contributed by atoms with E-state index >= 15 is 4.39 Å². The number of thiophene rings is 1. The third-order valence-electron chi connectivity index (χ3n) is 5.65. The Balaban J connectivity index is 1.46. The van der Waals surface area contributed by atoms with E-state index in [-0.39, 0.29) is 24.3 Å². The van der Waals surface area contributed by atoms with E-state index in [2.05, 4.69) is 10.5 Å². The van der Waals surface area contributed by atoms with E-state index in [0.29, 0.717) is 45.4 Å². The van der Waals surface area contributed by atoms with Crippen molar-refractivity contribution in [3.63, 3.8) is 0 Å². The Morgan fingerprint density at radius 1 is 1.35 bits per heavy atom. The molecule has 1 aromatic rings. The van der Waals surface area contributed by atoms with Gasteiger partial charge in [-0.15, -0.1) is 11.3 Å². The number of rotatable bonds is 2. The van der Waals surface area contributed by atoms with Gasteiger partial charge in [0.15, 0.2) is 5.67 Å². The number of hydrogen-bond donors (Lipinski definition) is 1. The standard InChI is InChI=1S/C18H24FN3O3S/c1-24-21-13-12-17(25-14-2-11-26-15(13)14)5-9-22(10-6-17)16(23)18(19)3-7-20-8-4-18/h2,11,20H,3-10,12H2,1H3. The van der Waals surface area contributed by atoms with Gasteiger partial charge in [-0.05, 0) is 24.5 Å². The van der Waals surface area contributed by atoms with Gasteiger partial charge < -0.3 is 19.8 Å². The Morgan fingerprint density at radius 3 is 2.77 bits per heavy atom. The molecule has 3 aliphatic rings. The second-order valence-electron chi connectivity index (χ2n) is 7.30. The van der Waals surface area contributed by atoms with Crippen molar-refractivity contribution in [3.8, 4) is 5.75 Å². The predicted molar refractivity (Wildman–Crippen MR) is 97.6 cm³/mol. The number of alkyl halides is 1. The molecule has 26 heavy (non-hydrogen) atoms. The number of nitrogens with one attached hydrogen (secondary N) is 1. The molecule has 4 rings (SSSR count). The van der Waals surface area contributed by atoms with Gasteiger partial charge in [0, 0.05) is 45.2 Å². The lowest BCUT2D eigenvalue weighted by molar-refractivity contribution is -0.149. The zero-order chi connectivity index (χ0) is 18.2. The lowest BCUT2D eigenvalue weighted by atomic mass is 9.83. The van der Waals surface area contributed by atoms with E-state index < -0.39 is 5.67 Å². The normalized spacial score (nSPS) is 25.6. The zero-order valence-corrected chi connectivity index (χ0v) is 15.7. The van der Waals surface area contributed by atoms with Crippen molar-refractivity contribution >= 4 is 23.0 Å². The number of piperidine rings is 2. The van der Waals surface area contributed by atoms with Crippen LogP contribution in [0.3, 0.4) is 0 Å². The molecular formula is C18H24FN3O3S. The second kappa shape index (κ2) is 6.81. The molecular weight excluding hydrogens is 357 g/mol. The second-order valence-corrected chi connectivity index (χ2v) is 8.22. The molecule has 0 radical (unpaired) electrons. The fourth-order valence-electron chi connectivity index (χ4n) is 4.14. The van der Waals surface area contributed by atoms with E-state index in [1.807, 2.05) is 11.4 Å². The molecule has 0 saturated carbocycles. The minimum atomic E-state index is -1.72. The van der Waals surface area contributed by atoms with Gasteiger partial charge in [-0.1, -0.05) is 5.16 Å². The first-order valence-corrected chi connectivity index (χ1v) is 9.99. The zero-order valence-electron chi connectivity index (χ0n) is 14.9. The molecule has 0 unspecified atom stereocenters. The summed E-state index contributed by atoms with van der Waals surface area (Å²) in [6.45, 7) is 2.14. The minimum absolute atomic E-state index is 0.257. The largest absolute Gasteiger partial charge is 0.485 e. The molecule has 0 aromatic carbocycles. The maximum Gasteiger partial charge on any atom is 0.260 e. The number of ether oxygens (including phenoxy) is 1. The third kappa shape index (κ3) is 3.09. The molecule has 1 N–H and O–H groups in total. The molecule has 1 amide bonds. The molecule has 3 aliphatic heterocycles. The number of amides is 1. The van der Waals surface area contributed by atoms with E-state index in [9.17, 15) is 4.79 Å². The highest BCUT2D eigenvalue weighted by Crippen LogP contribution is 2.42. The lowest BCUT2D eigenvalue weighted by Crippen LogP contribution is -2.57. The van der Waals surface area contributed by atoms with Crippen molar-refractivity contribution in [2.75, 3.05) is 33.3 Å². The van der Waals surface area contributed by atoms with Crippen LogP contribution >= 0.6 is 11.3 Å². The first-order valence-electron chi connectivity index (χ1n) is 9.11. The van der Waals surface area contributed by atoms with E-state index in [0.717, 1.165) is 16.3 Å². The van der Waals surface area contributed by atoms with Crippen LogP contribution in [0.25, 0.3) is 0 Å². The van der Waals surface area contributed by atoms with Crippen LogP contribution in [-0.2, 0) is 9.63 Å². The van der Waals surface area contributed by atoms with E-state index in [1.54, 1.807) is 23.3 Å². The molecule has 8 heteroatoms.